The van der Waals surface area contributed by atoms with Crippen molar-refractivity contribution < 1.29 is 9.59 Å². The molecular weight excluding hydrogens is 194 g/mol. The van der Waals surface area contributed by atoms with Gasteiger partial charge in [0.25, 0.3) is 0 Å². The van der Waals surface area contributed by atoms with Crippen LogP contribution in [0.2, 0.25) is 0 Å². The van der Waals surface area contributed by atoms with Crippen LogP contribution in [-0.2, 0) is 9.59 Å². The van der Waals surface area contributed by atoms with E-state index in [-0.39, 0.29) is 30.8 Å². The molecule has 0 aromatic heterocycles. The molecule has 0 spiro atoms. The maximum Gasteiger partial charge on any atom is 0.233 e. The number of carbonyl (C=O) groups is 2. The van der Waals surface area contributed by atoms with Gasteiger partial charge < -0.3 is 16.4 Å². The molecule has 1 atom stereocenters. The zero-order valence-electron chi connectivity index (χ0n) is 9.67. The third kappa shape index (κ3) is 9.21. The van der Waals surface area contributed by atoms with E-state index >= 15 is 0 Å². The van der Waals surface area contributed by atoms with Crippen molar-refractivity contribution in [2.75, 3.05) is 13.1 Å². The Morgan fingerprint density at radius 2 is 1.87 bits per heavy atom. The third-order valence-electron chi connectivity index (χ3n) is 1.83. The van der Waals surface area contributed by atoms with E-state index in [1.807, 2.05) is 20.8 Å². The number of primary amides is 1. The molecule has 0 aliphatic carbocycles. The normalized spacial score (nSPS) is 12.5. The van der Waals surface area contributed by atoms with E-state index in [0.29, 0.717) is 12.5 Å². The molecule has 5 heteroatoms. The first-order valence-electron chi connectivity index (χ1n) is 5.20. The first kappa shape index (κ1) is 13.9. The predicted octanol–water partition coefficient (Wildman–Crippen LogP) is -0.388. The number of nitrogens with two attached hydrogens (primary N) is 1. The van der Waals surface area contributed by atoms with Crippen LogP contribution in [0.25, 0.3) is 0 Å². The molecule has 0 bridgehead atoms. The summed E-state index contributed by atoms with van der Waals surface area (Å²) in [5, 5.41) is 5.70. The molecule has 0 rings (SSSR count). The van der Waals surface area contributed by atoms with E-state index in [1.165, 1.54) is 0 Å². The first-order chi connectivity index (χ1) is 6.91. The highest BCUT2D eigenvalue weighted by Gasteiger charge is 2.07. The van der Waals surface area contributed by atoms with Crippen LogP contribution in [0.3, 0.4) is 0 Å². The van der Waals surface area contributed by atoms with Gasteiger partial charge in [-0.15, -0.1) is 0 Å². The van der Waals surface area contributed by atoms with Crippen molar-refractivity contribution >= 4 is 11.8 Å². The molecule has 0 fully saturated rings. The van der Waals surface area contributed by atoms with E-state index in [9.17, 15) is 9.59 Å². The van der Waals surface area contributed by atoms with Crippen molar-refractivity contribution in [2.24, 2.45) is 11.7 Å². The van der Waals surface area contributed by atoms with Gasteiger partial charge in [0.05, 0.1) is 6.54 Å². The second-order valence-corrected chi connectivity index (χ2v) is 4.15. The minimum absolute atomic E-state index is 0.0555. The molecular formula is C10H21N3O2. The van der Waals surface area contributed by atoms with Crippen molar-refractivity contribution in [3.63, 3.8) is 0 Å². The van der Waals surface area contributed by atoms with Crippen molar-refractivity contribution in [3.05, 3.63) is 0 Å². The number of hydrogen-bond donors (Lipinski definition) is 3. The molecule has 88 valence electrons. The zero-order valence-corrected chi connectivity index (χ0v) is 9.67. The molecule has 15 heavy (non-hydrogen) atoms. The SMILES string of the molecule is CC(C)CNC(=O)CNC(C)CC(N)=O. The molecule has 4 N–H and O–H groups in total. The summed E-state index contributed by atoms with van der Waals surface area (Å²) >= 11 is 0. The number of rotatable bonds is 7. The Kier molecular flexibility index (Phi) is 6.70. The van der Waals surface area contributed by atoms with Gasteiger partial charge in [-0.3, -0.25) is 9.59 Å². The highest BCUT2D eigenvalue weighted by molar-refractivity contribution is 5.78. The summed E-state index contributed by atoms with van der Waals surface area (Å²) in [6.07, 6.45) is 0.247. The smallest absolute Gasteiger partial charge is 0.233 e. The predicted molar refractivity (Wildman–Crippen MR) is 59.1 cm³/mol. The van der Waals surface area contributed by atoms with E-state index in [2.05, 4.69) is 10.6 Å². The molecule has 2 amide bonds. The summed E-state index contributed by atoms with van der Waals surface area (Å²) < 4.78 is 0. The first-order valence-corrected chi connectivity index (χ1v) is 5.20. The van der Waals surface area contributed by atoms with Crippen LogP contribution in [0.5, 0.6) is 0 Å². The van der Waals surface area contributed by atoms with Crippen molar-refractivity contribution in [1.29, 1.82) is 0 Å². The summed E-state index contributed by atoms with van der Waals surface area (Å²) in [4.78, 5) is 21.8. The van der Waals surface area contributed by atoms with Crippen LogP contribution in [0, 0.1) is 5.92 Å². The quantitative estimate of drug-likeness (QED) is 0.541. The van der Waals surface area contributed by atoms with Gasteiger partial charge in [0.2, 0.25) is 11.8 Å². The minimum atomic E-state index is -0.363. The largest absolute Gasteiger partial charge is 0.370 e. The topological polar surface area (TPSA) is 84.2 Å². The number of nitrogens with one attached hydrogen (secondary N) is 2. The van der Waals surface area contributed by atoms with Crippen LogP contribution in [-0.4, -0.2) is 30.9 Å². The average Bonchev–Trinajstić information content (AvgIpc) is 2.10. The molecule has 5 nitrogen and oxygen atoms in total. The van der Waals surface area contributed by atoms with Crippen LogP contribution < -0.4 is 16.4 Å². The number of carbonyl (C=O) groups excluding carboxylic acids is 2. The fraction of sp³-hybridized carbons (Fsp3) is 0.800. The molecule has 0 saturated heterocycles. The van der Waals surface area contributed by atoms with Gasteiger partial charge in [-0.05, 0) is 12.8 Å². The van der Waals surface area contributed by atoms with Crippen molar-refractivity contribution in [2.45, 2.75) is 33.2 Å². The van der Waals surface area contributed by atoms with Gasteiger partial charge in [-0.1, -0.05) is 13.8 Å². The van der Waals surface area contributed by atoms with Gasteiger partial charge in [0.1, 0.15) is 0 Å². The molecule has 0 saturated carbocycles. The molecule has 0 aromatic carbocycles. The average molecular weight is 215 g/mol. The van der Waals surface area contributed by atoms with E-state index < -0.39 is 0 Å². The lowest BCUT2D eigenvalue weighted by atomic mass is 10.2. The van der Waals surface area contributed by atoms with E-state index in [1.54, 1.807) is 0 Å². The molecule has 0 heterocycles. The van der Waals surface area contributed by atoms with Gasteiger partial charge in [0.15, 0.2) is 0 Å². The Morgan fingerprint density at radius 3 is 2.33 bits per heavy atom. The van der Waals surface area contributed by atoms with Crippen LogP contribution in [0.1, 0.15) is 27.2 Å². The van der Waals surface area contributed by atoms with Crippen molar-refractivity contribution in [3.8, 4) is 0 Å². The third-order valence-corrected chi connectivity index (χ3v) is 1.83. The van der Waals surface area contributed by atoms with Crippen LogP contribution in [0.15, 0.2) is 0 Å². The maximum absolute atomic E-state index is 11.2. The second-order valence-electron chi connectivity index (χ2n) is 4.15. The molecule has 0 aliphatic heterocycles. The Hall–Kier alpha value is -1.10. The van der Waals surface area contributed by atoms with Gasteiger partial charge >= 0.3 is 0 Å². The summed E-state index contributed by atoms with van der Waals surface area (Å²) in [5.41, 5.74) is 5.02. The van der Waals surface area contributed by atoms with E-state index in [4.69, 9.17) is 5.73 Å². The lowest BCUT2D eigenvalue weighted by Gasteiger charge is -2.12. The maximum atomic E-state index is 11.2. The Balaban J connectivity index is 3.57. The molecule has 0 aliphatic rings. The van der Waals surface area contributed by atoms with Gasteiger partial charge in [-0.2, -0.15) is 0 Å². The van der Waals surface area contributed by atoms with Crippen molar-refractivity contribution in [1.82, 2.24) is 10.6 Å². The fourth-order valence-corrected chi connectivity index (χ4v) is 1.02. The standard InChI is InChI=1S/C10H21N3O2/c1-7(2)5-13-10(15)6-12-8(3)4-9(11)14/h7-8,12H,4-6H2,1-3H3,(H2,11,14)(H,13,15). The summed E-state index contributed by atoms with van der Waals surface area (Å²) in [6.45, 7) is 6.78. The summed E-state index contributed by atoms with van der Waals surface area (Å²) in [5.74, 6) is 0.0228. The molecule has 0 radical (unpaired) electrons. The highest BCUT2D eigenvalue weighted by Crippen LogP contribution is 1.89. The lowest BCUT2D eigenvalue weighted by Crippen LogP contribution is -2.40. The van der Waals surface area contributed by atoms with Gasteiger partial charge in [-0.25, -0.2) is 0 Å². The highest BCUT2D eigenvalue weighted by atomic mass is 16.2. The Bertz CT molecular complexity index is 217. The minimum Gasteiger partial charge on any atom is -0.370 e. The Morgan fingerprint density at radius 1 is 1.27 bits per heavy atom. The van der Waals surface area contributed by atoms with Crippen LogP contribution in [0.4, 0.5) is 0 Å². The summed E-state index contributed by atoms with van der Waals surface area (Å²) in [7, 11) is 0. The zero-order chi connectivity index (χ0) is 11.8. The number of hydrogen-bond acceptors (Lipinski definition) is 3. The molecule has 0 aromatic rings. The molecule has 1 unspecified atom stereocenters. The second kappa shape index (κ2) is 7.23. The summed E-state index contributed by atoms with van der Waals surface area (Å²) in [6, 6.07) is -0.0627. The fourth-order valence-electron chi connectivity index (χ4n) is 1.02. The van der Waals surface area contributed by atoms with Crippen LogP contribution >= 0.6 is 0 Å². The monoisotopic (exact) mass is 215 g/mol. The van der Waals surface area contributed by atoms with Gasteiger partial charge in [0, 0.05) is 19.0 Å². The van der Waals surface area contributed by atoms with E-state index in [0.717, 1.165) is 0 Å². The number of amides is 2. The lowest BCUT2D eigenvalue weighted by molar-refractivity contribution is -0.121. The Labute approximate surface area is 90.8 Å².